The molecule has 2 aromatic carbocycles. The van der Waals surface area contributed by atoms with Gasteiger partial charge in [-0.3, -0.25) is 9.59 Å². The summed E-state index contributed by atoms with van der Waals surface area (Å²) in [6.45, 7) is 3.97. The quantitative estimate of drug-likeness (QED) is 0.358. The summed E-state index contributed by atoms with van der Waals surface area (Å²) in [5.74, 6) is 0.616. The monoisotopic (exact) mass is 522 g/mol. The van der Waals surface area contributed by atoms with E-state index < -0.39 is 0 Å². The number of hydrogen-bond donors (Lipinski definition) is 0. The van der Waals surface area contributed by atoms with Gasteiger partial charge in [0.1, 0.15) is 18.0 Å². The van der Waals surface area contributed by atoms with E-state index in [1.54, 1.807) is 41.5 Å². The van der Waals surface area contributed by atoms with Gasteiger partial charge in [0.2, 0.25) is 5.91 Å². The normalized spacial score (nSPS) is 14.8. The van der Waals surface area contributed by atoms with Crippen molar-refractivity contribution >= 4 is 23.2 Å². The first kappa shape index (κ1) is 26.7. The first-order chi connectivity index (χ1) is 18.0. The van der Waals surface area contributed by atoms with Crippen LogP contribution in [0.4, 0.5) is 0 Å². The van der Waals surface area contributed by atoms with E-state index in [9.17, 15) is 9.59 Å². The summed E-state index contributed by atoms with van der Waals surface area (Å²) in [7, 11) is 3.08. The van der Waals surface area contributed by atoms with E-state index in [2.05, 4.69) is 13.0 Å². The number of rotatable bonds is 11. The molecule has 1 fully saturated rings. The molecule has 1 atom stereocenters. The predicted octanol–water partition coefficient (Wildman–Crippen LogP) is 4.92. The third-order valence-corrected chi connectivity index (χ3v) is 7.58. The van der Waals surface area contributed by atoms with E-state index in [-0.39, 0.29) is 24.5 Å². The van der Waals surface area contributed by atoms with Crippen molar-refractivity contribution in [2.75, 3.05) is 33.9 Å². The zero-order valence-corrected chi connectivity index (χ0v) is 22.5. The Morgan fingerprint density at radius 1 is 1.03 bits per heavy atom. The Labute approximate surface area is 222 Å². The fraction of sp³-hybridized carbons (Fsp3) is 0.379. The lowest BCUT2D eigenvalue weighted by Gasteiger charge is -2.29. The largest absolute Gasteiger partial charge is 0.497 e. The minimum Gasteiger partial charge on any atom is -0.497 e. The maximum Gasteiger partial charge on any atom is 0.258 e. The molecule has 1 aromatic heterocycles. The molecule has 1 aliphatic heterocycles. The fourth-order valence-corrected chi connectivity index (χ4v) is 5.36. The molecule has 0 bridgehead atoms. The number of amides is 2. The van der Waals surface area contributed by atoms with Crippen LogP contribution >= 0.6 is 11.3 Å². The smallest absolute Gasteiger partial charge is 0.258 e. The van der Waals surface area contributed by atoms with Crippen LogP contribution in [0.2, 0.25) is 0 Å². The van der Waals surface area contributed by atoms with Crippen molar-refractivity contribution in [3.05, 3.63) is 81.5 Å². The van der Waals surface area contributed by atoms with Gasteiger partial charge >= 0.3 is 0 Å². The summed E-state index contributed by atoms with van der Waals surface area (Å²) in [6.07, 6.45) is 1.72. The first-order valence-electron chi connectivity index (χ1n) is 12.5. The highest BCUT2D eigenvalue weighted by molar-refractivity contribution is 7.10. The molecule has 196 valence electrons. The van der Waals surface area contributed by atoms with Crippen molar-refractivity contribution in [3.8, 4) is 11.5 Å². The van der Waals surface area contributed by atoms with Gasteiger partial charge in [0, 0.05) is 30.6 Å². The Balaban J connectivity index is 1.60. The topological polar surface area (TPSA) is 68.3 Å². The Hall–Kier alpha value is -3.36. The van der Waals surface area contributed by atoms with Gasteiger partial charge in [-0.05, 0) is 54.5 Å². The van der Waals surface area contributed by atoms with Gasteiger partial charge in [0.25, 0.3) is 5.91 Å². The van der Waals surface area contributed by atoms with Crippen LogP contribution in [0.15, 0.2) is 60.0 Å². The molecular formula is C29H34N2O5S. The van der Waals surface area contributed by atoms with Gasteiger partial charge in [0.15, 0.2) is 0 Å². The van der Waals surface area contributed by atoms with Crippen LogP contribution in [0.25, 0.3) is 0 Å². The molecule has 0 saturated carbocycles. The average Bonchev–Trinajstić information content (AvgIpc) is 3.59. The molecule has 0 radical (unpaired) electrons. The predicted molar refractivity (Wildman–Crippen MR) is 144 cm³/mol. The van der Waals surface area contributed by atoms with Crippen LogP contribution in [0.1, 0.15) is 39.2 Å². The fourth-order valence-electron chi connectivity index (χ4n) is 4.44. The number of nitrogens with zero attached hydrogens (tertiary/aromatic N) is 2. The van der Waals surface area contributed by atoms with Gasteiger partial charge < -0.3 is 24.0 Å². The second kappa shape index (κ2) is 12.7. The molecule has 8 heteroatoms. The molecule has 0 spiro atoms. The lowest BCUT2D eigenvalue weighted by molar-refractivity contribution is -0.133. The second-order valence-electron chi connectivity index (χ2n) is 9.15. The molecule has 3 aromatic rings. The molecule has 0 aliphatic carbocycles. The number of carbonyl (C=O) groups excluding carboxylic acids is 2. The van der Waals surface area contributed by atoms with Gasteiger partial charge in [-0.15, -0.1) is 11.3 Å². The average molecular weight is 523 g/mol. The number of hydrogen-bond acceptors (Lipinski definition) is 6. The number of methoxy groups -OCH3 is 2. The summed E-state index contributed by atoms with van der Waals surface area (Å²) < 4.78 is 16.6. The Morgan fingerprint density at radius 2 is 1.84 bits per heavy atom. The maximum atomic E-state index is 13.8. The number of thiophene rings is 1. The Bertz CT molecular complexity index is 1190. The highest BCUT2D eigenvalue weighted by atomic mass is 32.1. The molecular weight excluding hydrogens is 488 g/mol. The van der Waals surface area contributed by atoms with Crippen LogP contribution in [0.5, 0.6) is 11.5 Å². The third-order valence-electron chi connectivity index (χ3n) is 6.57. The number of benzene rings is 2. The van der Waals surface area contributed by atoms with Crippen LogP contribution in [-0.4, -0.2) is 61.6 Å². The van der Waals surface area contributed by atoms with Crippen molar-refractivity contribution in [2.45, 2.75) is 39.0 Å². The number of aryl methyl sites for hydroxylation is 1. The minimum atomic E-state index is -0.268. The van der Waals surface area contributed by atoms with Crippen molar-refractivity contribution in [2.24, 2.45) is 0 Å². The number of ether oxygens (including phenoxy) is 3. The SMILES string of the molecule is COc1ccc(C(=O)N(CC(=O)N(Cc2ccccc2)Cc2sccc2C)CC2CCCO2)c(OC)c1. The summed E-state index contributed by atoms with van der Waals surface area (Å²) in [5, 5.41) is 2.04. The summed E-state index contributed by atoms with van der Waals surface area (Å²) in [6, 6.07) is 17.1. The zero-order valence-electron chi connectivity index (χ0n) is 21.6. The third kappa shape index (κ3) is 6.90. The lowest BCUT2D eigenvalue weighted by atomic mass is 10.1. The van der Waals surface area contributed by atoms with Crippen molar-refractivity contribution in [1.29, 1.82) is 0 Å². The minimum absolute atomic E-state index is 0.0505. The van der Waals surface area contributed by atoms with E-state index in [1.807, 2.05) is 40.6 Å². The molecule has 1 unspecified atom stereocenters. The van der Waals surface area contributed by atoms with Gasteiger partial charge in [-0.1, -0.05) is 30.3 Å². The van der Waals surface area contributed by atoms with Crippen molar-refractivity contribution < 1.29 is 23.8 Å². The van der Waals surface area contributed by atoms with Crippen LogP contribution in [-0.2, 0) is 22.6 Å². The standard InChI is InChI=1S/C29H34N2O5S/c1-21-13-15-37-27(21)19-30(17-22-8-5-4-6-9-22)28(32)20-31(18-24-10-7-14-36-24)29(33)25-12-11-23(34-2)16-26(25)35-3/h4-6,8-9,11-13,15-16,24H,7,10,14,17-20H2,1-3H3. The maximum absolute atomic E-state index is 13.8. The van der Waals surface area contributed by atoms with E-state index in [0.717, 1.165) is 28.8 Å². The van der Waals surface area contributed by atoms with Crippen molar-refractivity contribution in [1.82, 2.24) is 9.80 Å². The van der Waals surface area contributed by atoms with Crippen molar-refractivity contribution in [3.63, 3.8) is 0 Å². The number of carbonyl (C=O) groups is 2. The van der Waals surface area contributed by atoms with E-state index in [1.165, 1.54) is 7.11 Å². The highest BCUT2D eigenvalue weighted by Gasteiger charge is 2.29. The summed E-state index contributed by atoms with van der Waals surface area (Å²) in [5.41, 5.74) is 2.59. The highest BCUT2D eigenvalue weighted by Crippen LogP contribution is 2.27. The molecule has 2 amide bonds. The Kier molecular flexibility index (Phi) is 9.19. The summed E-state index contributed by atoms with van der Waals surface area (Å²) >= 11 is 1.64. The molecule has 2 heterocycles. The molecule has 0 N–H and O–H groups in total. The molecule has 1 saturated heterocycles. The van der Waals surface area contributed by atoms with Crippen LogP contribution in [0.3, 0.4) is 0 Å². The first-order valence-corrected chi connectivity index (χ1v) is 13.3. The second-order valence-corrected chi connectivity index (χ2v) is 10.1. The van der Waals surface area contributed by atoms with Crippen LogP contribution in [0, 0.1) is 6.92 Å². The van der Waals surface area contributed by atoms with Gasteiger partial charge in [-0.25, -0.2) is 0 Å². The van der Waals surface area contributed by atoms with Gasteiger partial charge in [0.05, 0.1) is 32.4 Å². The van der Waals surface area contributed by atoms with Crippen LogP contribution < -0.4 is 9.47 Å². The Morgan fingerprint density at radius 3 is 2.49 bits per heavy atom. The molecule has 1 aliphatic rings. The molecule has 7 nitrogen and oxygen atoms in total. The zero-order chi connectivity index (χ0) is 26.2. The molecule has 37 heavy (non-hydrogen) atoms. The van der Waals surface area contributed by atoms with Gasteiger partial charge in [-0.2, -0.15) is 0 Å². The molecule has 4 rings (SSSR count). The summed E-state index contributed by atoms with van der Waals surface area (Å²) in [4.78, 5) is 32.1. The van der Waals surface area contributed by atoms with E-state index >= 15 is 0 Å². The van der Waals surface area contributed by atoms with E-state index in [0.29, 0.717) is 43.3 Å². The lowest BCUT2D eigenvalue weighted by Crippen LogP contribution is -2.45. The van der Waals surface area contributed by atoms with E-state index in [4.69, 9.17) is 14.2 Å².